The molecule has 2 saturated heterocycles. The number of oxime groups is 1. The van der Waals surface area contributed by atoms with Crippen molar-refractivity contribution >= 4 is 51.7 Å². The third kappa shape index (κ3) is 4.07. The molecule has 1 aromatic rings. The Morgan fingerprint density at radius 2 is 2.16 bits per heavy atom. The minimum absolute atomic E-state index is 0.106. The van der Waals surface area contributed by atoms with Gasteiger partial charge in [0.2, 0.25) is 5.91 Å². The molecule has 3 aliphatic rings. The van der Waals surface area contributed by atoms with E-state index in [4.69, 9.17) is 10.6 Å². The summed E-state index contributed by atoms with van der Waals surface area (Å²) in [4.78, 5) is 48.0. The number of hydrogen-bond donors (Lipinski definition) is 3. The van der Waals surface area contributed by atoms with Crippen molar-refractivity contribution in [2.24, 2.45) is 5.16 Å². The van der Waals surface area contributed by atoms with E-state index < -0.39 is 35.2 Å². The van der Waals surface area contributed by atoms with Gasteiger partial charge in [-0.05, 0) is 5.41 Å². The van der Waals surface area contributed by atoms with Crippen molar-refractivity contribution in [3.63, 3.8) is 0 Å². The molecule has 32 heavy (non-hydrogen) atoms. The van der Waals surface area contributed by atoms with Crippen molar-refractivity contribution < 1.29 is 28.8 Å². The second-order valence-electron chi connectivity index (χ2n) is 8.28. The van der Waals surface area contributed by atoms with Crippen molar-refractivity contribution in [2.75, 3.05) is 39.5 Å². The maximum atomic E-state index is 12.9. The summed E-state index contributed by atoms with van der Waals surface area (Å²) < 4.78 is 0.774. The predicted octanol–water partition coefficient (Wildman–Crippen LogP) is 0.0532. The minimum Gasteiger partial charge on any atom is -0.479 e. The number of nitrogens with one attached hydrogen (secondary N) is 1. The summed E-state index contributed by atoms with van der Waals surface area (Å²) in [6.07, 6.45) is 2.23. The number of nitrogen functional groups attached to an aromatic ring is 1. The van der Waals surface area contributed by atoms with E-state index in [1.807, 2.05) is 5.41 Å². The van der Waals surface area contributed by atoms with Gasteiger partial charge in [0, 0.05) is 23.8 Å². The number of hydrogen-bond acceptors (Lipinski definition) is 9. The second-order valence-corrected chi connectivity index (χ2v) is 10.2. The number of thiazole rings is 1. The first-order valence-corrected chi connectivity index (χ1v) is 11.9. The number of aliphatic carboxylic acids is 1. The zero-order valence-corrected chi connectivity index (χ0v) is 19.3. The number of carboxylic acids is 1. The van der Waals surface area contributed by atoms with Crippen LogP contribution in [0.3, 0.4) is 0 Å². The number of quaternary nitrogens is 1. The van der Waals surface area contributed by atoms with Crippen LogP contribution < -0.4 is 11.1 Å². The summed E-state index contributed by atoms with van der Waals surface area (Å²) in [6, 6.07) is -1.90. The van der Waals surface area contributed by atoms with Crippen molar-refractivity contribution in [1.29, 1.82) is 0 Å². The molecular weight excluding hydrogens is 456 g/mol. The highest BCUT2D eigenvalue weighted by molar-refractivity contribution is 8.03. The smallest absolute Gasteiger partial charge is 0.331 e. The number of carboxylic acid groups (broad SMARTS) is 1. The molecule has 0 radical (unpaired) electrons. The summed E-state index contributed by atoms with van der Waals surface area (Å²) in [5.74, 6) is -2.15. The van der Waals surface area contributed by atoms with Gasteiger partial charge in [0.1, 0.15) is 30.8 Å². The number of likely N-dealkylation sites (N-methyl/N-ethyl adjacent to an activating group) is 1. The molecule has 4 rings (SSSR count). The van der Waals surface area contributed by atoms with Crippen LogP contribution >= 0.6 is 23.1 Å². The Hall–Kier alpha value is -2.64. The lowest BCUT2D eigenvalue weighted by Gasteiger charge is -2.51. The van der Waals surface area contributed by atoms with E-state index in [0.717, 1.165) is 47.3 Å². The predicted molar refractivity (Wildman–Crippen MR) is 120 cm³/mol. The molecule has 0 aromatic carbocycles. The number of rotatable bonds is 7. The highest BCUT2D eigenvalue weighted by Crippen LogP contribution is 2.41. The van der Waals surface area contributed by atoms with Crippen LogP contribution in [0.2, 0.25) is 0 Å². The Labute approximate surface area is 192 Å². The molecule has 172 valence electrons. The first-order valence-electron chi connectivity index (χ1n) is 10.1. The van der Waals surface area contributed by atoms with Crippen LogP contribution in [0.25, 0.3) is 0 Å². The van der Waals surface area contributed by atoms with Gasteiger partial charge in [0.25, 0.3) is 5.91 Å². The molecule has 3 atom stereocenters. The van der Waals surface area contributed by atoms with Gasteiger partial charge in [0.15, 0.2) is 16.9 Å². The lowest BCUT2D eigenvalue weighted by molar-refractivity contribution is -0.893. The number of carbonyl (C=O) groups is 3. The van der Waals surface area contributed by atoms with Crippen LogP contribution in [0.5, 0.6) is 0 Å². The fraction of sp³-hybridized carbons (Fsp3) is 0.526. The second kappa shape index (κ2) is 8.71. The highest BCUT2D eigenvalue weighted by atomic mass is 32.2. The molecule has 11 nitrogen and oxygen atoms in total. The summed E-state index contributed by atoms with van der Waals surface area (Å²) in [6.45, 7) is 2.58. The van der Waals surface area contributed by atoms with Gasteiger partial charge < -0.3 is 30.4 Å². The van der Waals surface area contributed by atoms with Crippen molar-refractivity contribution in [3.8, 4) is 0 Å². The minimum atomic E-state index is -1.06. The molecule has 0 unspecified atom stereocenters. The first kappa shape index (κ1) is 22.6. The first-order chi connectivity index (χ1) is 15.2. The Bertz CT molecular complexity index is 1000. The molecule has 2 fully saturated rings. The molecule has 4 N–H and O–H groups in total. The highest BCUT2D eigenvalue weighted by Gasteiger charge is 2.56. The lowest BCUT2D eigenvalue weighted by atomic mass is 9.97. The van der Waals surface area contributed by atoms with Gasteiger partial charge in [-0.1, -0.05) is 5.16 Å². The van der Waals surface area contributed by atoms with Crippen LogP contribution in [-0.4, -0.2) is 94.2 Å². The average Bonchev–Trinajstić information content (AvgIpc) is 3.37. The van der Waals surface area contributed by atoms with E-state index in [9.17, 15) is 19.5 Å². The van der Waals surface area contributed by atoms with E-state index in [2.05, 4.69) is 22.5 Å². The molecule has 13 heteroatoms. The molecule has 2 amide bonds. The molecule has 0 bridgehead atoms. The third-order valence-electron chi connectivity index (χ3n) is 5.96. The number of amides is 2. The molecule has 0 spiro atoms. The van der Waals surface area contributed by atoms with E-state index in [1.165, 1.54) is 23.8 Å². The van der Waals surface area contributed by atoms with Crippen LogP contribution in [0.4, 0.5) is 5.13 Å². The number of β-lactam (4-membered cyclic amide) rings is 1. The molecule has 0 saturated carbocycles. The van der Waals surface area contributed by atoms with E-state index in [0.29, 0.717) is 6.54 Å². The largest absolute Gasteiger partial charge is 0.479 e. The van der Waals surface area contributed by atoms with Gasteiger partial charge in [-0.25, -0.2) is 9.78 Å². The zero-order chi connectivity index (χ0) is 23.0. The van der Waals surface area contributed by atoms with Crippen LogP contribution in [-0.2, 0) is 19.2 Å². The number of carbonyl (C=O) groups excluding carboxylic acids is 2. The number of thioether (sulfide) groups is 1. The van der Waals surface area contributed by atoms with Gasteiger partial charge in [-0.3, -0.25) is 9.59 Å². The average molecular weight is 482 g/mol. The quantitative estimate of drug-likeness (QED) is 0.214. The normalized spacial score (nSPS) is 26.8. The Kier molecular flexibility index (Phi) is 6.14. The Balaban J connectivity index is 1.51. The molecular formula is C19H25N6O5S2+. The van der Waals surface area contributed by atoms with Crippen molar-refractivity contribution in [3.05, 3.63) is 22.1 Å². The van der Waals surface area contributed by atoms with Crippen molar-refractivity contribution in [2.45, 2.75) is 30.3 Å². The Morgan fingerprint density at radius 1 is 1.44 bits per heavy atom. The monoisotopic (exact) mass is 481 g/mol. The SMILES string of the molecule is CO/N=C(\C(=O)N[C@@H]1C(=O)N2[C@@H](C(=O)O)C(C[N+]3(C)CCCC3)=CS[C@H]12)c1csc(N)n1. The number of aromatic nitrogens is 1. The third-order valence-corrected chi connectivity index (χ3v) is 7.85. The van der Waals surface area contributed by atoms with E-state index >= 15 is 0 Å². The van der Waals surface area contributed by atoms with Gasteiger partial charge in [-0.15, -0.1) is 23.1 Å². The number of fused-ring (bicyclic) bond motifs is 1. The van der Waals surface area contributed by atoms with Crippen LogP contribution in [0.15, 0.2) is 21.5 Å². The molecule has 0 aliphatic carbocycles. The number of anilines is 1. The summed E-state index contributed by atoms with van der Waals surface area (Å²) in [5, 5.41) is 19.4. The Morgan fingerprint density at radius 3 is 2.75 bits per heavy atom. The van der Waals surface area contributed by atoms with Crippen LogP contribution in [0.1, 0.15) is 18.5 Å². The van der Waals surface area contributed by atoms with Crippen molar-refractivity contribution in [1.82, 2.24) is 15.2 Å². The fourth-order valence-corrected chi connectivity index (χ4v) is 6.20. The maximum absolute atomic E-state index is 12.9. The number of nitrogens with two attached hydrogens (primary N) is 1. The number of likely N-dealkylation sites (tertiary alicyclic amines) is 1. The standard InChI is InChI=1S/C19H24N6O5S2/c1-25(5-3-4-6-25)7-10-8-31-17-13(16(27)24(17)14(10)18(28)29)22-15(26)12(23-30-2)11-9-32-19(20)21-11/h8-9,13-14,17H,3-7H2,1-2H3,(H3-,20,21,22,26,28,29)/p+1/b23-12-/t13-,14-,17-/m1/s1. The van der Waals surface area contributed by atoms with Gasteiger partial charge in [0.05, 0.1) is 20.1 Å². The zero-order valence-electron chi connectivity index (χ0n) is 17.7. The molecule has 3 aliphatic heterocycles. The summed E-state index contributed by atoms with van der Waals surface area (Å²) >= 11 is 2.50. The van der Waals surface area contributed by atoms with E-state index in [1.54, 1.807) is 5.38 Å². The van der Waals surface area contributed by atoms with E-state index in [-0.39, 0.29) is 16.5 Å². The van der Waals surface area contributed by atoms with Crippen LogP contribution in [0, 0.1) is 0 Å². The topological polar surface area (TPSA) is 147 Å². The van der Waals surface area contributed by atoms with Gasteiger partial charge in [-0.2, -0.15) is 0 Å². The summed E-state index contributed by atoms with van der Waals surface area (Å²) in [5.41, 5.74) is 6.49. The fourth-order valence-electron chi connectivity index (χ4n) is 4.44. The molecule has 4 heterocycles. The molecule has 1 aromatic heterocycles. The van der Waals surface area contributed by atoms with Gasteiger partial charge >= 0.3 is 5.97 Å². The maximum Gasteiger partial charge on any atom is 0.331 e. The summed E-state index contributed by atoms with van der Waals surface area (Å²) in [7, 11) is 3.41. The lowest BCUT2D eigenvalue weighted by Crippen LogP contribution is -2.74. The number of nitrogens with zero attached hydrogens (tertiary/aromatic N) is 4.